The molecule has 2 aromatic rings. The lowest BCUT2D eigenvalue weighted by Crippen LogP contribution is -2.50. The van der Waals surface area contributed by atoms with Crippen molar-refractivity contribution in [3.8, 4) is 0 Å². The number of benzene rings is 1. The van der Waals surface area contributed by atoms with E-state index in [1.807, 2.05) is 21.9 Å². The lowest BCUT2D eigenvalue weighted by atomic mass is 10.1. The Labute approximate surface area is 181 Å². The molecule has 1 aliphatic rings. The molecule has 1 aliphatic heterocycles. The predicted octanol–water partition coefficient (Wildman–Crippen LogP) is 3.02. The first-order chi connectivity index (χ1) is 14.6. The van der Waals surface area contributed by atoms with Crippen LogP contribution in [0.1, 0.15) is 44.1 Å². The maximum Gasteiger partial charge on any atom is 0.227 e. The number of aliphatic hydroxyl groups excluding tert-OH is 1. The fraction of sp³-hybridized carbons (Fsp3) is 0.522. The van der Waals surface area contributed by atoms with Gasteiger partial charge >= 0.3 is 0 Å². The number of carbonyl (C=O) groups excluding carboxylic acids is 3. The summed E-state index contributed by atoms with van der Waals surface area (Å²) in [5, 5.41) is 11.9. The van der Waals surface area contributed by atoms with Gasteiger partial charge in [-0.2, -0.15) is 0 Å². The van der Waals surface area contributed by atoms with Gasteiger partial charge in [-0.1, -0.05) is 31.0 Å². The molecule has 3 rings (SSSR count). The van der Waals surface area contributed by atoms with Crippen molar-refractivity contribution in [3.63, 3.8) is 0 Å². The minimum Gasteiger partial charge on any atom is -0.389 e. The second kappa shape index (κ2) is 11.2. The number of rotatable bonds is 10. The molecule has 162 valence electrons. The molecule has 0 unspecified atom stereocenters. The van der Waals surface area contributed by atoms with E-state index in [0.717, 1.165) is 36.6 Å². The van der Waals surface area contributed by atoms with E-state index < -0.39 is 0 Å². The molecular formula is C23H30N2O4S. The summed E-state index contributed by atoms with van der Waals surface area (Å²) in [4.78, 5) is 39.9. The first kappa shape index (κ1) is 22.4. The van der Waals surface area contributed by atoms with Crippen LogP contribution < -0.4 is 0 Å². The summed E-state index contributed by atoms with van der Waals surface area (Å²) < 4.78 is 1.20. The molecule has 30 heavy (non-hydrogen) atoms. The van der Waals surface area contributed by atoms with E-state index in [-0.39, 0.29) is 24.2 Å². The molecule has 1 fully saturated rings. The zero-order valence-corrected chi connectivity index (χ0v) is 18.2. The summed E-state index contributed by atoms with van der Waals surface area (Å²) in [6.07, 6.45) is 4.75. The van der Waals surface area contributed by atoms with E-state index in [2.05, 4.69) is 17.5 Å². The average Bonchev–Trinajstić information content (AvgIpc) is 3.18. The highest BCUT2D eigenvalue weighted by atomic mass is 32.1. The highest BCUT2D eigenvalue weighted by molar-refractivity contribution is 7.17. The van der Waals surface area contributed by atoms with Crippen molar-refractivity contribution in [2.45, 2.75) is 44.9 Å². The Morgan fingerprint density at radius 2 is 1.50 bits per heavy atom. The van der Waals surface area contributed by atoms with Gasteiger partial charge in [0.05, 0.1) is 6.42 Å². The molecule has 0 radical (unpaired) electrons. The van der Waals surface area contributed by atoms with Crippen molar-refractivity contribution in [1.82, 2.24) is 9.80 Å². The maximum absolute atomic E-state index is 12.7. The Morgan fingerprint density at radius 1 is 0.867 bits per heavy atom. The van der Waals surface area contributed by atoms with Gasteiger partial charge in [0.25, 0.3) is 0 Å². The largest absolute Gasteiger partial charge is 0.389 e. The predicted molar refractivity (Wildman–Crippen MR) is 118 cm³/mol. The van der Waals surface area contributed by atoms with E-state index in [0.29, 0.717) is 45.4 Å². The fourth-order valence-electron chi connectivity index (χ4n) is 3.84. The van der Waals surface area contributed by atoms with Crippen molar-refractivity contribution in [2.24, 2.45) is 0 Å². The van der Waals surface area contributed by atoms with Gasteiger partial charge in [-0.25, -0.2) is 0 Å². The van der Waals surface area contributed by atoms with Gasteiger partial charge in [0.2, 0.25) is 11.8 Å². The van der Waals surface area contributed by atoms with Crippen molar-refractivity contribution in [1.29, 1.82) is 0 Å². The molecule has 6 nitrogen and oxygen atoms in total. The number of ketones is 1. The van der Waals surface area contributed by atoms with E-state index >= 15 is 0 Å². The van der Waals surface area contributed by atoms with Gasteiger partial charge in [-0.3, -0.25) is 14.4 Å². The van der Waals surface area contributed by atoms with E-state index in [9.17, 15) is 14.4 Å². The number of aliphatic hydroxyl groups is 1. The van der Waals surface area contributed by atoms with Gasteiger partial charge in [0, 0.05) is 43.7 Å². The Hall–Kier alpha value is -2.25. The van der Waals surface area contributed by atoms with Crippen LogP contribution in [0.2, 0.25) is 0 Å². The van der Waals surface area contributed by atoms with Gasteiger partial charge in [-0.15, -0.1) is 11.3 Å². The van der Waals surface area contributed by atoms with Crippen LogP contribution in [0.15, 0.2) is 29.6 Å². The van der Waals surface area contributed by atoms with Crippen LogP contribution in [0.3, 0.4) is 0 Å². The molecule has 2 heterocycles. The first-order valence-corrected chi connectivity index (χ1v) is 11.6. The summed E-state index contributed by atoms with van der Waals surface area (Å²) in [6, 6.07) is 8.16. The molecule has 1 saturated heterocycles. The van der Waals surface area contributed by atoms with Crippen LogP contribution in [0.4, 0.5) is 0 Å². The first-order valence-electron chi connectivity index (χ1n) is 10.7. The van der Waals surface area contributed by atoms with Crippen LogP contribution in [0, 0.1) is 0 Å². The van der Waals surface area contributed by atoms with Gasteiger partial charge in [0.1, 0.15) is 6.61 Å². The number of hydrogen-bond acceptors (Lipinski definition) is 5. The standard InChI is InChI=1S/C23H30N2O4S/c26-16-19(27)7-3-1-2-4-10-22(28)24-11-13-25(14-12-24)23(29)15-18-17-30-21-9-6-5-8-20(18)21/h5-6,8-9,17,26H,1-4,7,10-16H2. The van der Waals surface area contributed by atoms with Crippen LogP contribution in [0.5, 0.6) is 0 Å². The molecule has 0 aliphatic carbocycles. The van der Waals surface area contributed by atoms with E-state index in [4.69, 9.17) is 5.11 Å². The zero-order chi connectivity index (χ0) is 21.3. The second-order valence-corrected chi connectivity index (χ2v) is 8.72. The molecule has 0 atom stereocenters. The number of nitrogens with zero attached hydrogens (tertiary/aromatic N) is 2. The molecule has 0 saturated carbocycles. The summed E-state index contributed by atoms with van der Waals surface area (Å²) in [6.45, 7) is 2.00. The third-order valence-electron chi connectivity index (χ3n) is 5.66. The molecule has 1 aromatic carbocycles. The minimum absolute atomic E-state index is 0.120. The molecule has 0 spiro atoms. The summed E-state index contributed by atoms with van der Waals surface area (Å²) >= 11 is 1.67. The van der Waals surface area contributed by atoms with Gasteiger partial charge in [-0.05, 0) is 35.2 Å². The van der Waals surface area contributed by atoms with Crippen LogP contribution in [0.25, 0.3) is 10.1 Å². The number of carbonyl (C=O) groups is 3. The zero-order valence-electron chi connectivity index (χ0n) is 17.3. The Morgan fingerprint density at radius 3 is 2.20 bits per heavy atom. The highest BCUT2D eigenvalue weighted by Gasteiger charge is 2.24. The SMILES string of the molecule is O=C(CO)CCCCCCC(=O)N1CCN(C(=O)Cc2csc3ccccc23)CC1. The third-order valence-corrected chi connectivity index (χ3v) is 6.67. The van der Waals surface area contributed by atoms with E-state index in [1.54, 1.807) is 11.3 Å². The third kappa shape index (κ3) is 6.12. The summed E-state index contributed by atoms with van der Waals surface area (Å²) in [5.74, 6) is 0.158. The van der Waals surface area contributed by atoms with E-state index in [1.165, 1.54) is 4.70 Å². The Balaban J connectivity index is 1.35. The summed E-state index contributed by atoms with van der Waals surface area (Å²) in [7, 11) is 0. The van der Waals surface area contributed by atoms with Gasteiger partial charge in [0.15, 0.2) is 5.78 Å². The normalized spacial score (nSPS) is 14.3. The topological polar surface area (TPSA) is 77.9 Å². The number of Topliss-reactive ketones (excluding diaryl/α,β-unsaturated/α-hetero) is 1. The molecule has 1 N–H and O–H groups in total. The molecular weight excluding hydrogens is 400 g/mol. The Bertz CT molecular complexity index is 871. The van der Waals surface area contributed by atoms with Crippen molar-refractivity contribution in [2.75, 3.05) is 32.8 Å². The number of hydrogen-bond donors (Lipinski definition) is 1. The summed E-state index contributed by atoms with van der Waals surface area (Å²) in [5.41, 5.74) is 1.08. The number of thiophene rings is 1. The van der Waals surface area contributed by atoms with Crippen molar-refractivity contribution >= 4 is 39.0 Å². The number of amides is 2. The molecule has 0 bridgehead atoms. The quantitative estimate of drug-likeness (QED) is 0.588. The van der Waals surface area contributed by atoms with Crippen LogP contribution >= 0.6 is 11.3 Å². The van der Waals surface area contributed by atoms with Gasteiger partial charge < -0.3 is 14.9 Å². The lowest BCUT2D eigenvalue weighted by Gasteiger charge is -2.35. The molecule has 1 aromatic heterocycles. The monoisotopic (exact) mass is 430 g/mol. The second-order valence-electron chi connectivity index (χ2n) is 7.81. The molecule has 2 amide bonds. The average molecular weight is 431 g/mol. The van der Waals surface area contributed by atoms with Crippen molar-refractivity contribution in [3.05, 3.63) is 35.2 Å². The highest BCUT2D eigenvalue weighted by Crippen LogP contribution is 2.26. The van der Waals surface area contributed by atoms with Crippen LogP contribution in [-0.4, -0.2) is 65.3 Å². The number of fused-ring (bicyclic) bond motifs is 1. The fourth-order valence-corrected chi connectivity index (χ4v) is 4.80. The van der Waals surface area contributed by atoms with Crippen LogP contribution in [-0.2, 0) is 20.8 Å². The minimum atomic E-state index is -0.378. The number of piperazine rings is 1. The number of unbranched alkanes of at least 4 members (excludes halogenated alkanes) is 3. The smallest absolute Gasteiger partial charge is 0.227 e. The Kier molecular flexibility index (Phi) is 8.39. The van der Waals surface area contributed by atoms with Crippen molar-refractivity contribution < 1.29 is 19.5 Å². The maximum atomic E-state index is 12.7. The molecule has 7 heteroatoms. The lowest BCUT2D eigenvalue weighted by molar-refractivity contribution is -0.139.